The highest BCUT2D eigenvalue weighted by molar-refractivity contribution is 8.12. The number of carbonyl (C=O) groups is 1. The van der Waals surface area contributed by atoms with E-state index in [0.717, 1.165) is 22.9 Å². The fraction of sp³-hybridized carbons (Fsp3) is 0.235. The van der Waals surface area contributed by atoms with Gasteiger partial charge in [-0.3, -0.25) is 0 Å². The van der Waals surface area contributed by atoms with Crippen LogP contribution in [0, 0.1) is 19.7 Å². The van der Waals surface area contributed by atoms with Crippen molar-refractivity contribution in [3.8, 4) is 11.5 Å². The lowest BCUT2D eigenvalue weighted by Gasteiger charge is -2.13. The second-order valence-electron chi connectivity index (χ2n) is 4.83. The number of aryl methyl sites for hydroxylation is 2. The minimum absolute atomic E-state index is 0.00638. The Kier molecular flexibility index (Phi) is 5.44. The molecule has 22 heavy (non-hydrogen) atoms. The smallest absolute Gasteiger partial charge is 0.372 e. The van der Waals surface area contributed by atoms with E-state index in [-0.39, 0.29) is 17.9 Å². The van der Waals surface area contributed by atoms with Gasteiger partial charge in [0.05, 0.1) is 5.56 Å². The predicted octanol–water partition coefficient (Wildman–Crippen LogP) is 4.88. The van der Waals surface area contributed by atoms with Gasteiger partial charge in [-0.05, 0) is 55.6 Å². The third kappa shape index (κ3) is 4.01. The molecule has 116 valence electrons. The Labute approximate surface area is 133 Å². The van der Waals surface area contributed by atoms with Gasteiger partial charge in [-0.2, -0.15) is 0 Å². The quantitative estimate of drug-likeness (QED) is 0.752. The first kappa shape index (κ1) is 16.4. The summed E-state index contributed by atoms with van der Waals surface area (Å²) in [6.45, 7) is 3.92. The first-order valence-corrected chi connectivity index (χ1v) is 7.97. The Morgan fingerprint density at radius 2 is 1.95 bits per heavy atom. The van der Waals surface area contributed by atoms with Crippen LogP contribution in [0.1, 0.15) is 16.7 Å². The van der Waals surface area contributed by atoms with Crippen LogP contribution in [0.15, 0.2) is 36.4 Å². The maximum atomic E-state index is 14.0. The molecule has 2 rings (SSSR count). The molecule has 0 amide bonds. The molecule has 3 nitrogen and oxygen atoms in total. The molecule has 0 heterocycles. The number of thioether (sulfide) groups is 1. The molecule has 0 spiro atoms. The minimum atomic E-state index is -0.488. The van der Waals surface area contributed by atoms with Gasteiger partial charge in [0.2, 0.25) is 0 Å². The summed E-state index contributed by atoms with van der Waals surface area (Å²) in [5, 5.41) is -0.488. The lowest BCUT2D eigenvalue weighted by atomic mass is 10.1. The molecular formula is C17H17FO3S. The van der Waals surface area contributed by atoms with Crippen molar-refractivity contribution in [1.82, 2.24) is 0 Å². The van der Waals surface area contributed by atoms with Crippen LogP contribution >= 0.6 is 11.8 Å². The third-order valence-corrected chi connectivity index (χ3v) is 3.55. The van der Waals surface area contributed by atoms with Crippen molar-refractivity contribution < 1.29 is 18.7 Å². The zero-order chi connectivity index (χ0) is 16.1. The fourth-order valence-corrected chi connectivity index (χ4v) is 2.19. The molecule has 0 N–H and O–H groups in total. The average Bonchev–Trinajstić information content (AvgIpc) is 2.48. The van der Waals surface area contributed by atoms with E-state index in [9.17, 15) is 9.18 Å². The highest BCUT2D eigenvalue weighted by atomic mass is 32.2. The number of hydrogen-bond donors (Lipinski definition) is 0. The molecule has 2 aromatic rings. The molecule has 0 fully saturated rings. The van der Waals surface area contributed by atoms with Crippen molar-refractivity contribution in [1.29, 1.82) is 0 Å². The van der Waals surface area contributed by atoms with E-state index < -0.39 is 11.1 Å². The topological polar surface area (TPSA) is 35.5 Å². The molecule has 0 aliphatic carbocycles. The summed E-state index contributed by atoms with van der Waals surface area (Å²) in [6.07, 6.45) is 1.60. The summed E-state index contributed by atoms with van der Waals surface area (Å²) in [5.74, 6) is 0.399. The van der Waals surface area contributed by atoms with Gasteiger partial charge in [-0.15, -0.1) is 0 Å². The van der Waals surface area contributed by atoms with E-state index >= 15 is 0 Å². The van der Waals surface area contributed by atoms with E-state index in [1.165, 1.54) is 12.1 Å². The molecule has 2 aromatic carbocycles. The molecule has 0 radical (unpaired) electrons. The van der Waals surface area contributed by atoms with Gasteiger partial charge in [0, 0.05) is 0 Å². The van der Waals surface area contributed by atoms with E-state index in [2.05, 4.69) is 0 Å². The normalized spacial score (nSPS) is 10.4. The first-order chi connectivity index (χ1) is 10.5. The van der Waals surface area contributed by atoms with Gasteiger partial charge in [-0.1, -0.05) is 23.8 Å². The Morgan fingerprint density at radius 3 is 2.64 bits per heavy atom. The largest absolute Gasteiger partial charge is 0.488 e. The molecular weight excluding hydrogens is 303 g/mol. The van der Waals surface area contributed by atoms with Gasteiger partial charge >= 0.3 is 5.30 Å². The Hall–Kier alpha value is -2.01. The molecule has 0 saturated carbocycles. The SMILES string of the molecule is CSC(=O)Oc1cccc(F)c1COc1ccc(C)cc1C. The summed E-state index contributed by atoms with van der Waals surface area (Å²) < 4.78 is 24.8. The number of hydrogen-bond acceptors (Lipinski definition) is 4. The van der Waals surface area contributed by atoms with Crippen LogP contribution in [0.4, 0.5) is 9.18 Å². The van der Waals surface area contributed by atoms with Crippen molar-refractivity contribution in [2.24, 2.45) is 0 Å². The fourth-order valence-electron chi connectivity index (χ4n) is 2.02. The monoisotopic (exact) mass is 320 g/mol. The van der Waals surface area contributed by atoms with Crippen LogP contribution in [-0.2, 0) is 6.61 Å². The van der Waals surface area contributed by atoms with E-state index in [4.69, 9.17) is 9.47 Å². The van der Waals surface area contributed by atoms with Crippen LogP contribution < -0.4 is 9.47 Å². The molecule has 0 atom stereocenters. The molecule has 0 aromatic heterocycles. The zero-order valence-corrected chi connectivity index (χ0v) is 13.5. The van der Waals surface area contributed by atoms with Crippen LogP contribution in [-0.4, -0.2) is 11.6 Å². The minimum Gasteiger partial charge on any atom is -0.488 e. The number of halogens is 1. The van der Waals surface area contributed by atoms with Gasteiger partial charge < -0.3 is 9.47 Å². The summed E-state index contributed by atoms with van der Waals surface area (Å²) in [4.78, 5) is 11.4. The molecule has 0 unspecified atom stereocenters. The number of carbonyl (C=O) groups excluding carboxylic acids is 1. The maximum Gasteiger partial charge on any atom is 0.372 e. The lowest BCUT2D eigenvalue weighted by Crippen LogP contribution is -2.07. The van der Waals surface area contributed by atoms with E-state index in [1.807, 2.05) is 32.0 Å². The molecule has 0 aliphatic rings. The van der Waals surface area contributed by atoms with Crippen LogP contribution in [0.2, 0.25) is 0 Å². The van der Waals surface area contributed by atoms with Gasteiger partial charge in [0.15, 0.2) is 0 Å². The highest BCUT2D eigenvalue weighted by Crippen LogP contribution is 2.26. The number of ether oxygens (including phenoxy) is 2. The van der Waals surface area contributed by atoms with Crippen LogP contribution in [0.25, 0.3) is 0 Å². The lowest BCUT2D eigenvalue weighted by molar-refractivity contribution is 0.224. The van der Waals surface area contributed by atoms with Crippen molar-refractivity contribution >= 4 is 17.1 Å². The molecule has 0 aliphatic heterocycles. The first-order valence-electron chi connectivity index (χ1n) is 6.74. The van der Waals surface area contributed by atoms with Gasteiger partial charge in [0.25, 0.3) is 0 Å². The van der Waals surface area contributed by atoms with Crippen LogP contribution in [0.5, 0.6) is 11.5 Å². The zero-order valence-electron chi connectivity index (χ0n) is 12.7. The maximum absolute atomic E-state index is 14.0. The Morgan fingerprint density at radius 1 is 1.18 bits per heavy atom. The summed E-state index contributed by atoms with van der Waals surface area (Å²) >= 11 is 0.928. The summed E-state index contributed by atoms with van der Waals surface area (Å²) in [6, 6.07) is 10.1. The van der Waals surface area contributed by atoms with Crippen LogP contribution in [0.3, 0.4) is 0 Å². The number of benzene rings is 2. The second kappa shape index (κ2) is 7.31. The van der Waals surface area contributed by atoms with Gasteiger partial charge in [0.1, 0.15) is 23.9 Å². The van der Waals surface area contributed by atoms with Crippen molar-refractivity contribution in [3.63, 3.8) is 0 Å². The van der Waals surface area contributed by atoms with Crippen molar-refractivity contribution in [2.75, 3.05) is 6.26 Å². The van der Waals surface area contributed by atoms with Crippen molar-refractivity contribution in [3.05, 3.63) is 58.9 Å². The van der Waals surface area contributed by atoms with Gasteiger partial charge in [-0.25, -0.2) is 9.18 Å². The Bertz CT molecular complexity index is 686. The predicted molar refractivity (Wildman–Crippen MR) is 86.2 cm³/mol. The van der Waals surface area contributed by atoms with E-state index in [0.29, 0.717) is 5.75 Å². The second-order valence-corrected chi connectivity index (χ2v) is 5.57. The molecule has 5 heteroatoms. The number of rotatable bonds is 4. The molecule has 0 bridgehead atoms. The highest BCUT2D eigenvalue weighted by Gasteiger charge is 2.14. The summed E-state index contributed by atoms with van der Waals surface area (Å²) in [7, 11) is 0. The molecule has 0 saturated heterocycles. The standard InChI is InChI=1S/C17H17FO3S/c1-11-7-8-15(12(2)9-11)20-10-13-14(18)5-4-6-16(13)21-17(19)22-3/h4-9H,10H2,1-3H3. The van der Waals surface area contributed by atoms with E-state index in [1.54, 1.807) is 12.3 Å². The third-order valence-electron chi connectivity index (χ3n) is 3.14. The average molecular weight is 320 g/mol. The Balaban J connectivity index is 2.19. The van der Waals surface area contributed by atoms with Crippen molar-refractivity contribution in [2.45, 2.75) is 20.5 Å². The summed E-state index contributed by atoms with van der Waals surface area (Å²) in [5.41, 5.74) is 2.33.